The molecule has 0 aromatic carbocycles. The van der Waals surface area contributed by atoms with E-state index < -0.39 is 0 Å². The molecular weight excluding hydrogens is 214 g/mol. The molecule has 94 valence electrons. The fraction of sp³-hybridized carbons (Fsp3) is 0.714. The molecule has 0 saturated heterocycles. The minimum Gasteiger partial charge on any atom is -0.312 e. The minimum absolute atomic E-state index is 0.0732. The second kappa shape index (κ2) is 7.97. The van der Waals surface area contributed by atoms with E-state index in [1.165, 1.54) is 11.1 Å². The van der Waals surface area contributed by atoms with Gasteiger partial charge in [-0.3, -0.25) is 0 Å². The van der Waals surface area contributed by atoms with Crippen LogP contribution in [0.4, 0.5) is 0 Å². The first kappa shape index (κ1) is 15.8. The van der Waals surface area contributed by atoms with Gasteiger partial charge in [-0.15, -0.1) is 0 Å². The number of allylic oxidation sites excluding steroid dienone is 3. The lowest BCUT2D eigenvalue weighted by Gasteiger charge is -2.17. The summed E-state index contributed by atoms with van der Waals surface area (Å²) in [6.07, 6.45) is 6.89. The molecule has 0 amide bonds. The average molecular weight is 241 g/mol. The van der Waals surface area contributed by atoms with Crippen LogP contribution >= 0.6 is 12.6 Å². The predicted octanol–water partition coefficient (Wildman–Crippen LogP) is 3.98. The van der Waals surface area contributed by atoms with Gasteiger partial charge in [-0.05, 0) is 47.5 Å². The minimum atomic E-state index is 0.0732. The second-order valence-corrected chi connectivity index (χ2v) is 6.52. The van der Waals surface area contributed by atoms with E-state index in [4.69, 9.17) is 0 Å². The van der Waals surface area contributed by atoms with Crippen LogP contribution in [0.5, 0.6) is 0 Å². The van der Waals surface area contributed by atoms with Crippen molar-refractivity contribution in [2.45, 2.75) is 52.2 Å². The highest BCUT2D eigenvalue weighted by Gasteiger charge is 2.08. The molecule has 0 spiro atoms. The van der Waals surface area contributed by atoms with E-state index in [1.807, 2.05) is 0 Å². The lowest BCUT2D eigenvalue weighted by molar-refractivity contribution is 0.623. The Morgan fingerprint density at radius 1 is 1.19 bits per heavy atom. The highest BCUT2D eigenvalue weighted by atomic mass is 32.1. The normalized spacial score (nSPS) is 12.8. The van der Waals surface area contributed by atoms with Crippen molar-refractivity contribution in [1.29, 1.82) is 0 Å². The van der Waals surface area contributed by atoms with Gasteiger partial charge in [0, 0.05) is 17.8 Å². The summed E-state index contributed by atoms with van der Waals surface area (Å²) in [7, 11) is 0. The van der Waals surface area contributed by atoms with Crippen LogP contribution in [-0.4, -0.2) is 17.8 Å². The molecule has 0 bridgehead atoms. The third-order valence-corrected chi connectivity index (χ3v) is 2.40. The van der Waals surface area contributed by atoms with Gasteiger partial charge in [0.25, 0.3) is 0 Å². The molecule has 16 heavy (non-hydrogen) atoms. The van der Waals surface area contributed by atoms with Gasteiger partial charge in [-0.2, -0.15) is 12.6 Å². The average Bonchev–Trinajstić information content (AvgIpc) is 2.10. The maximum atomic E-state index is 4.47. The van der Waals surface area contributed by atoms with Gasteiger partial charge >= 0.3 is 0 Å². The molecule has 0 aliphatic rings. The van der Waals surface area contributed by atoms with Crippen molar-refractivity contribution in [2.75, 3.05) is 13.1 Å². The number of hydrogen-bond acceptors (Lipinski definition) is 2. The quantitative estimate of drug-likeness (QED) is 0.390. The van der Waals surface area contributed by atoms with Gasteiger partial charge in [-0.1, -0.05) is 23.3 Å². The van der Waals surface area contributed by atoms with Gasteiger partial charge in [-0.25, -0.2) is 0 Å². The molecule has 2 heteroatoms. The second-order valence-electron chi connectivity index (χ2n) is 5.31. The molecule has 0 aromatic heterocycles. The highest BCUT2D eigenvalue weighted by Crippen LogP contribution is 2.09. The summed E-state index contributed by atoms with van der Waals surface area (Å²) < 4.78 is 0.0732. The van der Waals surface area contributed by atoms with E-state index in [9.17, 15) is 0 Å². The first-order valence-corrected chi connectivity index (χ1v) is 6.48. The number of hydrogen-bond donors (Lipinski definition) is 2. The standard InChI is InChI=1S/C14H27NS/c1-12(2)7-6-8-13(3)9-10-15-11-14(4,5)16/h7,9,15-16H,6,8,10-11H2,1-5H3/b13-9+. The van der Waals surface area contributed by atoms with Crippen molar-refractivity contribution in [3.05, 3.63) is 23.3 Å². The lowest BCUT2D eigenvalue weighted by Crippen LogP contribution is -2.30. The molecule has 1 nitrogen and oxygen atoms in total. The van der Waals surface area contributed by atoms with E-state index in [0.717, 1.165) is 25.9 Å². The first-order chi connectivity index (χ1) is 7.31. The zero-order valence-electron chi connectivity index (χ0n) is 11.4. The van der Waals surface area contributed by atoms with Crippen LogP contribution in [0.1, 0.15) is 47.5 Å². The van der Waals surface area contributed by atoms with Crippen LogP contribution in [0.2, 0.25) is 0 Å². The zero-order valence-corrected chi connectivity index (χ0v) is 12.3. The Hall–Kier alpha value is -0.210. The zero-order chi connectivity index (χ0) is 12.6. The van der Waals surface area contributed by atoms with E-state index in [2.05, 4.69) is 64.7 Å². The molecule has 0 fully saturated rings. The fourth-order valence-corrected chi connectivity index (χ4v) is 1.43. The topological polar surface area (TPSA) is 12.0 Å². The van der Waals surface area contributed by atoms with Gasteiger partial charge in [0.15, 0.2) is 0 Å². The van der Waals surface area contributed by atoms with E-state index in [0.29, 0.717) is 0 Å². The molecule has 0 saturated carbocycles. The number of rotatable bonds is 7. The van der Waals surface area contributed by atoms with Crippen molar-refractivity contribution in [1.82, 2.24) is 5.32 Å². The molecule has 0 unspecified atom stereocenters. The molecule has 0 aromatic rings. The van der Waals surface area contributed by atoms with Gasteiger partial charge < -0.3 is 5.32 Å². The van der Waals surface area contributed by atoms with Crippen LogP contribution in [0.25, 0.3) is 0 Å². The maximum Gasteiger partial charge on any atom is 0.0198 e. The fourth-order valence-electron chi connectivity index (χ4n) is 1.32. The smallest absolute Gasteiger partial charge is 0.0198 e. The Kier molecular flexibility index (Phi) is 7.86. The SMILES string of the molecule is CC(C)=CCC/C(C)=C/CNCC(C)(C)S. The van der Waals surface area contributed by atoms with Crippen molar-refractivity contribution in [2.24, 2.45) is 0 Å². The molecule has 0 aliphatic heterocycles. The predicted molar refractivity (Wildman–Crippen MR) is 78.4 cm³/mol. The number of thiol groups is 1. The van der Waals surface area contributed by atoms with Crippen LogP contribution in [0.15, 0.2) is 23.3 Å². The van der Waals surface area contributed by atoms with Gasteiger partial charge in [0.2, 0.25) is 0 Å². The summed E-state index contributed by atoms with van der Waals surface area (Å²) in [6.45, 7) is 12.6. The Morgan fingerprint density at radius 3 is 2.31 bits per heavy atom. The lowest BCUT2D eigenvalue weighted by atomic mass is 10.1. The van der Waals surface area contributed by atoms with Gasteiger partial charge in [0.1, 0.15) is 0 Å². The monoisotopic (exact) mass is 241 g/mol. The summed E-state index contributed by atoms with van der Waals surface area (Å²) >= 11 is 4.47. The molecule has 0 heterocycles. The largest absolute Gasteiger partial charge is 0.312 e. The molecule has 1 N–H and O–H groups in total. The molecule has 0 radical (unpaired) electrons. The summed E-state index contributed by atoms with van der Waals surface area (Å²) in [5, 5.41) is 3.39. The first-order valence-electron chi connectivity index (χ1n) is 6.03. The Labute approximate surface area is 107 Å². The third-order valence-electron chi connectivity index (χ3n) is 2.24. The highest BCUT2D eigenvalue weighted by molar-refractivity contribution is 7.81. The molecular formula is C14H27NS. The van der Waals surface area contributed by atoms with Gasteiger partial charge in [0.05, 0.1) is 0 Å². The van der Waals surface area contributed by atoms with Crippen molar-refractivity contribution in [3.8, 4) is 0 Å². The number of nitrogens with one attached hydrogen (secondary N) is 1. The van der Waals surface area contributed by atoms with Crippen molar-refractivity contribution < 1.29 is 0 Å². The van der Waals surface area contributed by atoms with Crippen LogP contribution in [0.3, 0.4) is 0 Å². The van der Waals surface area contributed by atoms with E-state index >= 15 is 0 Å². The molecule has 0 rings (SSSR count). The summed E-state index contributed by atoms with van der Waals surface area (Å²) in [5.74, 6) is 0. The summed E-state index contributed by atoms with van der Waals surface area (Å²) in [4.78, 5) is 0. The van der Waals surface area contributed by atoms with Crippen LogP contribution in [-0.2, 0) is 0 Å². The Balaban J connectivity index is 3.67. The third kappa shape index (κ3) is 11.9. The molecule has 0 atom stereocenters. The van der Waals surface area contributed by atoms with E-state index in [1.54, 1.807) is 0 Å². The Morgan fingerprint density at radius 2 is 1.81 bits per heavy atom. The summed E-state index contributed by atoms with van der Waals surface area (Å²) in [5.41, 5.74) is 2.87. The van der Waals surface area contributed by atoms with Crippen molar-refractivity contribution >= 4 is 12.6 Å². The van der Waals surface area contributed by atoms with Crippen molar-refractivity contribution in [3.63, 3.8) is 0 Å². The van der Waals surface area contributed by atoms with E-state index in [-0.39, 0.29) is 4.75 Å². The van der Waals surface area contributed by atoms with Crippen LogP contribution in [0, 0.1) is 0 Å². The molecule has 0 aliphatic carbocycles. The maximum absolute atomic E-state index is 4.47. The van der Waals surface area contributed by atoms with Crippen LogP contribution < -0.4 is 5.32 Å². The summed E-state index contributed by atoms with van der Waals surface area (Å²) in [6, 6.07) is 0. The Bertz CT molecular complexity index is 242.